The minimum atomic E-state index is 0.512. The molecule has 0 spiro atoms. The Morgan fingerprint density at radius 3 is 1.50 bits per heavy atom. The summed E-state index contributed by atoms with van der Waals surface area (Å²) < 4.78 is 0. The van der Waals surface area contributed by atoms with Crippen molar-refractivity contribution < 1.29 is 0 Å². The predicted octanol–water partition coefficient (Wildman–Crippen LogP) is 5.52. The Kier molecular flexibility index (Phi) is 3.54. The molecule has 3 atom stereocenters. The standard InChI is InChI=1S/C16H32/c1-9-14(6)11-15(7,10-2)16(14,8)13(5)12(3)4/h12-13H,9-11H2,1-8H3. The van der Waals surface area contributed by atoms with Gasteiger partial charge in [-0.2, -0.15) is 0 Å². The van der Waals surface area contributed by atoms with Gasteiger partial charge < -0.3 is 0 Å². The molecule has 1 fully saturated rings. The first-order valence-corrected chi connectivity index (χ1v) is 7.18. The minimum Gasteiger partial charge on any atom is -0.0648 e. The van der Waals surface area contributed by atoms with Gasteiger partial charge in [0.05, 0.1) is 0 Å². The number of hydrogen-bond acceptors (Lipinski definition) is 0. The van der Waals surface area contributed by atoms with E-state index in [1.807, 2.05) is 0 Å². The Labute approximate surface area is 103 Å². The molecule has 16 heavy (non-hydrogen) atoms. The van der Waals surface area contributed by atoms with Gasteiger partial charge in [0.25, 0.3) is 0 Å². The zero-order valence-electron chi connectivity index (χ0n) is 12.8. The van der Waals surface area contributed by atoms with Crippen molar-refractivity contribution in [1.29, 1.82) is 0 Å². The maximum Gasteiger partial charge on any atom is -0.0190 e. The van der Waals surface area contributed by atoms with Gasteiger partial charge in [0.1, 0.15) is 0 Å². The van der Waals surface area contributed by atoms with Crippen molar-refractivity contribution in [2.75, 3.05) is 0 Å². The molecule has 0 aromatic heterocycles. The summed E-state index contributed by atoms with van der Waals surface area (Å²) in [6, 6.07) is 0. The van der Waals surface area contributed by atoms with Crippen LogP contribution in [0.3, 0.4) is 0 Å². The Bertz CT molecular complexity index is 237. The molecule has 1 aliphatic rings. The molecule has 0 aromatic carbocycles. The van der Waals surface area contributed by atoms with Gasteiger partial charge in [0.15, 0.2) is 0 Å². The lowest BCUT2D eigenvalue weighted by atomic mass is 9.33. The Balaban J connectivity index is 3.11. The normalized spacial score (nSPS) is 45.6. The third-order valence-corrected chi connectivity index (χ3v) is 6.76. The first-order chi connectivity index (χ1) is 7.18. The van der Waals surface area contributed by atoms with Gasteiger partial charge in [-0.1, -0.05) is 68.2 Å². The molecule has 0 saturated heterocycles. The average molecular weight is 224 g/mol. The maximum atomic E-state index is 2.56. The summed E-state index contributed by atoms with van der Waals surface area (Å²) in [6.07, 6.45) is 4.08. The van der Waals surface area contributed by atoms with Crippen LogP contribution in [0.25, 0.3) is 0 Å². The predicted molar refractivity (Wildman–Crippen MR) is 73.5 cm³/mol. The third-order valence-electron chi connectivity index (χ3n) is 6.76. The van der Waals surface area contributed by atoms with Crippen LogP contribution in [-0.2, 0) is 0 Å². The summed E-state index contributed by atoms with van der Waals surface area (Å²) in [6.45, 7) is 19.6. The van der Waals surface area contributed by atoms with E-state index in [1.165, 1.54) is 19.3 Å². The van der Waals surface area contributed by atoms with Crippen LogP contribution < -0.4 is 0 Å². The molecule has 1 saturated carbocycles. The molecule has 1 rings (SSSR count). The summed E-state index contributed by atoms with van der Waals surface area (Å²) in [7, 11) is 0. The quantitative estimate of drug-likeness (QED) is 0.589. The molecule has 0 heterocycles. The summed E-state index contributed by atoms with van der Waals surface area (Å²) in [5.74, 6) is 1.61. The third kappa shape index (κ3) is 1.48. The fraction of sp³-hybridized carbons (Fsp3) is 1.00. The van der Waals surface area contributed by atoms with Crippen molar-refractivity contribution in [2.45, 2.75) is 74.7 Å². The molecule has 0 radical (unpaired) electrons. The van der Waals surface area contributed by atoms with Gasteiger partial charge in [-0.25, -0.2) is 0 Å². The fourth-order valence-electron chi connectivity index (χ4n) is 4.60. The van der Waals surface area contributed by atoms with Crippen LogP contribution in [0.2, 0.25) is 0 Å². The van der Waals surface area contributed by atoms with E-state index in [9.17, 15) is 0 Å². The molecule has 0 N–H and O–H groups in total. The lowest BCUT2D eigenvalue weighted by molar-refractivity contribution is -0.232. The van der Waals surface area contributed by atoms with Gasteiger partial charge in [-0.15, -0.1) is 0 Å². The van der Waals surface area contributed by atoms with Crippen LogP contribution >= 0.6 is 0 Å². The number of hydrogen-bond donors (Lipinski definition) is 0. The lowest BCUT2D eigenvalue weighted by Gasteiger charge is -2.72. The average Bonchev–Trinajstić information content (AvgIpc) is 2.25. The SMILES string of the molecule is CCC1(C)CC(C)(CC)C1(C)C(C)C(C)C. The molecule has 96 valence electrons. The summed E-state index contributed by atoms with van der Waals surface area (Å²) in [5, 5.41) is 0. The highest BCUT2D eigenvalue weighted by Gasteiger charge is 2.66. The van der Waals surface area contributed by atoms with Crippen molar-refractivity contribution in [3.05, 3.63) is 0 Å². The largest absolute Gasteiger partial charge is 0.0648 e. The molecular formula is C16H32. The Hall–Kier alpha value is 0. The molecule has 0 aromatic rings. The first kappa shape index (κ1) is 14.1. The van der Waals surface area contributed by atoms with Gasteiger partial charge in [-0.3, -0.25) is 0 Å². The second-order valence-corrected chi connectivity index (χ2v) is 7.24. The smallest absolute Gasteiger partial charge is 0.0190 e. The molecule has 0 bridgehead atoms. The van der Waals surface area contributed by atoms with Gasteiger partial charge in [0.2, 0.25) is 0 Å². The van der Waals surface area contributed by atoms with Crippen molar-refractivity contribution in [1.82, 2.24) is 0 Å². The number of rotatable bonds is 4. The lowest BCUT2D eigenvalue weighted by Crippen LogP contribution is -2.64. The van der Waals surface area contributed by atoms with E-state index in [2.05, 4.69) is 55.4 Å². The highest BCUT2D eigenvalue weighted by Crippen LogP contribution is 2.74. The van der Waals surface area contributed by atoms with E-state index in [1.54, 1.807) is 0 Å². The molecule has 1 aliphatic carbocycles. The summed E-state index contributed by atoms with van der Waals surface area (Å²) in [5.41, 5.74) is 1.63. The van der Waals surface area contributed by atoms with Crippen LogP contribution in [0.15, 0.2) is 0 Å². The topological polar surface area (TPSA) is 0 Å². The van der Waals surface area contributed by atoms with Crippen LogP contribution in [0.1, 0.15) is 74.7 Å². The van der Waals surface area contributed by atoms with Crippen molar-refractivity contribution >= 4 is 0 Å². The van der Waals surface area contributed by atoms with Gasteiger partial charge >= 0.3 is 0 Å². The molecular weight excluding hydrogens is 192 g/mol. The zero-order chi connectivity index (χ0) is 12.8. The van der Waals surface area contributed by atoms with E-state index in [-0.39, 0.29) is 0 Å². The summed E-state index contributed by atoms with van der Waals surface area (Å²) >= 11 is 0. The summed E-state index contributed by atoms with van der Waals surface area (Å²) in [4.78, 5) is 0. The fourth-order valence-corrected chi connectivity index (χ4v) is 4.60. The second-order valence-electron chi connectivity index (χ2n) is 7.24. The zero-order valence-corrected chi connectivity index (χ0v) is 12.8. The van der Waals surface area contributed by atoms with E-state index in [4.69, 9.17) is 0 Å². The highest BCUT2D eigenvalue weighted by molar-refractivity contribution is 5.15. The van der Waals surface area contributed by atoms with E-state index < -0.39 is 0 Å². The monoisotopic (exact) mass is 224 g/mol. The van der Waals surface area contributed by atoms with Crippen LogP contribution in [0.5, 0.6) is 0 Å². The van der Waals surface area contributed by atoms with Crippen LogP contribution in [0.4, 0.5) is 0 Å². The van der Waals surface area contributed by atoms with Crippen molar-refractivity contribution in [3.8, 4) is 0 Å². The molecule has 0 amide bonds. The van der Waals surface area contributed by atoms with E-state index >= 15 is 0 Å². The van der Waals surface area contributed by atoms with Gasteiger partial charge in [0, 0.05) is 0 Å². The van der Waals surface area contributed by atoms with Crippen LogP contribution in [-0.4, -0.2) is 0 Å². The van der Waals surface area contributed by atoms with Crippen molar-refractivity contribution in [3.63, 3.8) is 0 Å². The molecule has 3 unspecified atom stereocenters. The Morgan fingerprint density at radius 2 is 1.25 bits per heavy atom. The highest BCUT2D eigenvalue weighted by atomic mass is 14.7. The molecule has 0 aliphatic heterocycles. The van der Waals surface area contributed by atoms with Crippen LogP contribution in [0, 0.1) is 28.1 Å². The molecule has 0 nitrogen and oxygen atoms in total. The maximum absolute atomic E-state index is 2.56. The van der Waals surface area contributed by atoms with Gasteiger partial charge in [-0.05, 0) is 34.5 Å². The van der Waals surface area contributed by atoms with E-state index in [0.717, 1.165) is 11.8 Å². The minimum absolute atomic E-state index is 0.512. The second kappa shape index (κ2) is 4.03. The van der Waals surface area contributed by atoms with E-state index in [0.29, 0.717) is 16.2 Å². The van der Waals surface area contributed by atoms with Crippen molar-refractivity contribution in [2.24, 2.45) is 28.1 Å². The Morgan fingerprint density at radius 1 is 0.875 bits per heavy atom. The first-order valence-electron chi connectivity index (χ1n) is 7.18. The molecule has 0 heteroatoms.